The maximum absolute atomic E-state index is 11.6. The standard InChI is InChI=1S/C17H17NO3/c1-14-7-8-16(15(13-14)5-4-11-19)21-12-10-18-9-3-2-6-17(18)20/h2-3,6-9,13,19H,10-12H2,1H3. The number of benzene rings is 1. The molecule has 0 saturated heterocycles. The third kappa shape index (κ3) is 4.23. The average Bonchev–Trinajstić information content (AvgIpc) is 2.49. The highest BCUT2D eigenvalue weighted by atomic mass is 16.5. The summed E-state index contributed by atoms with van der Waals surface area (Å²) in [6, 6.07) is 10.7. The highest BCUT2D eigenvalue weighted by Crippen LogP contribution is 2.19. The van der Waals surface area contributed by atoms with Gasteiger partial charge in [0.05, 0.1) is 12.1 Å². The van der Waals surface area contributed by atoms with Crippen molar-refractivity contribution in [1.82, 2.24) is 4.57 Å². The molecule has 0 aliphatic rings. The van der Waals surface area contributed by atoms with E-state index in [1.807, 2.05) is 31.2 Å². The van der Waals surface area contributed by atoms with Gasteiger partial charge in [-0.05, 0) is 30.7 Å². The predicted octanol–water partition coefficient (Wildman–Crippen LogP) is 1.58. The van der Waals surface area contributed by atoms with Crippen molar-refractivity contribution in [3.8, 4) is 17.6 Å². The molecule has 0 aliphatic carbocycles. The number of aryl methyl sites for hydroxylation is 1. The molecule has 0 spiro atoms. The molecular formula is C17H17NO3. The first-order chi connectivity index (χ1) is 10.2. The van der Waals surface area contributed by atoms with Crippen LogP contribution in [-0.4, -0.2) is 22.9 Å². The minimum Gasteiger partial charge on any atom is -0.490 e. The van der Waals surface area contributed by atoms with Gasteiger partial charge in [-0.1, -0.05) is 24.0 Å². The number of nitrogens with zero attached hydrogens (tertiary/aromatic N) is 1. The number of rotatable bonds is 4. The van der Waals surface area contributed by atoms with Crippen molar-refractivity contribution in [3.63, 3.8) is 0 Å². The lowest BCUT2D eigenvalue weighted by Gasteiger charge is -2.10. The fraction of sp³-hybridized carbons (Fsp3) is 0.235. The van der Waals surface area contributed by atoms with Crippen molar-refractivity contribution >= 4 is 0 Å². The molecular weight excluding hydrogens is 266 g/mol. The number of aliphatic hydroxyl groups excluding tert-OH is 1. The second kappa shape index (κ2) is 7.32. The van der Waals surface area contributed by atoms with Gasteiger partial charge in [-0.15, -0.1) is 0 Å². The van der Waals surface area contributed by atoms with E-state index in [-0.39, 0.29) is 12.2 Å². The predicted molar refractivity (Wildman–Crippen MR) is 81.3 cm³/mol. The molecule has 1 N–H and O–H groups in total. The van der Waals surface area contributed by atoms with Gasteiger partial charge in [-0.2, -0.15) is 0 Å². The first-order valence-corrected chi connectivity index (χ1v) is 6.69. The third-order valence-electron chi connectivity index (χ3n) is 2.93. The minimum atomic E-state index is -0.188. The molecule has 4 heteroatoms. The molecule has 2 rings (SSSR count). The van der Waals surface area contributed by atoms with Crippen LogP contribution in [0.1, 0.15) is 11.1 Å². The van der Waals surface area contributed by atoms with Crippen molar-refractivity contribution in [2.24, 2.45) is 0 Å². The van der Waals surface area contributed by atoms with Crippen LogP contribution in [0, 0.1) is 18.8 Å². The Bertz CT molecular complexity index is 723. The molecule has 0 aliphatic heterocycles. The van der Waals surface area contributed by atoms with E-state index < -0.39 is 0 Å². The summed E-state index contributed by atoms with van der Waals surface area (Å²) in [5.41, 5.74) is 1.76. The number of aliphatic hydroxyl groups is 1. The van der Waals surface area contributed by atoms with Crippen LogP contribution in [0.5, 0.6) is 5.75 Å². The number of ether oxygens (including phenoxy) is 1. The van der Waals surface area contributed by atoms with Crippen LogP contribution in [0.25, 0.3) is 0 Å². The van der Waals surface area contributed by atoms with Gasteiger partial charge in [0.25, 0.3) is 5.56 Å². The molecule has 0 radical (unpaired) electrons. The largest absolute Gasteiger partial charge is 0.490 e. The molecule has 0 unspecified atom stereocenters. The van der Waals surface area contributed by atoms with Crippen LogP contribution >= 0.6 is 0 Å². The molecule has 0 fully saturated rings. The lowest BCUT2D eigenvalue weighted by molar-refractivity contribution is 0.295. The van der Waals surface area contributed by atoms with E-state index >= 15 is 0 Å². The van der Waals surface area contributed by atoms with Gasteiger partial charge >= 0.3 is 0 Å². The van der Waals surface area contributed by atoms with Crippen LogP contribution in [0.2, 0.25) is 0 Å². The fourth-order valence-electron chi connectivity index (χ4n) is 1.90. The zero-order chi connectivity index (χ0) is 15.1. The molecule has 1 aromatic heterocycles. The smallest absolute Gasteiger partial charge is 0.250 e. The first-order valence-electron chi connectivity index (χ1n) is 6.69. The van der Waals surface area contributed by atoms with Gasteiger partial charge in [-0.3, -0.25) is 4.79 Å². The van der Waals surface area contributed by atoms with Crippen LogP contribution in [0.4, 0.5) is 0 Å². The van der Waals surface area contributed by atoms with E-state index in [9.17, 15) is 4.79 Å². The van der Waals surface area contributed by atoms with E-state index in [4.69, 9.17) is 9.84 Å². The van der Waals surface area contributed by atoms with Gasteiger partial charge < -0.3 is 14.4 Å². The van der Waals surface area contributed by atoms with Crippen molar-refractivity contribution in [2.75, 3.05) is 13.2 Å². The Morgan fingerprint density at radius 2 is 2.14 bits per heavy atom. The second-order valence-electron chi connectivity index (χ2n) is 4.54. The Labute approximate surface area is 123 Å². The van der Waals surface area contributed by atoms with Crippen LogP contribution < -0.4 is 10.3 Å². The highest BCUT2D eigenvalue weighted by molar-refractivity contribution is 5.48. The summed E-state index contributed by atoms with van der Waals surface area (Å²) < 4.78 is 7.29. The van der Waals surface area contributed by atoms with E-state index in [0.717, 1.165) is 11.1 Å². The molecule has 0 bridgehead atoms. The van der Waals surface area contributed by atoms with Crippen LogP contribution in [0.15, 0.2) is 47.4 Å². The topological polar surface area (TPSA) is 51.5 Å². The molecule has 1 aromatic carbocycles. The molecule has 0 saturated carbocycles. The summed E-state index contributed by atoms with van der Waals surface area (Å²) >= 11 is 0. The molecule has 0 amide bonds. The second-order valence-corrected chi connectivity index (χ2v) is 4.54. The average molecular weight is 283 g/mol. The highest BCUT2D eigenvalue weighted by Gasteiger charge is 2.02. The number of hydrogen-bond acceptors (Lipinski definition) is 3. The molecule has 0 atom stereocenters. The summed E-state index contributed by atoms with van der Waals surface area (Å²) in [6.07, 6.45) is 1.73. The minimum absolute atomic E-state index is 0.0506. The maximum Gasteiger partial charge on any atom is 0.250 e. The molecule has 4 nitrogen and oxygen atoms in total. The van der Waals surface area contributed by atoms with Crippen LogP contribution in [-0.2, 0) is 6.54 Å². The molecule has 21 heavy (non-hydrogen) atoms. The molecule has 2 aromatic rings. The summed E-state index contributed by atoms with van der Waals surface area (Å²) in [6.45, 7) is 2.63. The monoisotopic (exact) mass is 283 g/mol. The lowest BCUT2D eigenvalue weighted by atomic mass is 10.1. The Morgan fingerprint density at radius 1 is 1.29 bits per heavy atom. The normalized spacial score (nSPS) is 9.81. The molecule has 1 heterocycles. The summed E-state index contributed by atoms with van der Waals surface area (Å²) in [5, 5.41) is 8.79. The fourth-order valence-corrected chi connectivity index (χ4v) is 1.90. The maximum atomic E-state index is 11.6. The van der Waals surface area contributed by atoms with E-state index in [1.54, 1.807) is 16.8 Å². The quantitative estimate of drug-likeness (QED) is 0.867. The SMILES string of the molecule is Cc1ccc(OCCn2ccccc2=O)c(C#CCO)c1. The van der Waals surface area contributed by atoms with Gasteiger partial charge in [0.1, 0.15) is 19.0 Å². The zero-order valence-electron chi connectivity index (χ0n) is 11.9. The Kier molecular flexibility index (Phi) is 5.19. The van der Waals surface area contributed by atoms with Crippen molar-refractivity contribution < 1.29 is 9.84 Å². The zero-order valence-corrected chi connectivity index (χ0v) is 11.9. The number of hydrogen-bond donors (Lipinski definition) is 1. The van der Waals surface area contributed by atoms with E-state index in [2.05, 4.69) is 11.8 Å². The van der Waals surface area contributed by atoms with Gasteiger partial charge in [-0.25, -0.2) is 0 Å². The van der Waals surface area contributed by atoms with Crippen molar-refractivity contribution in [2.45, 2.75) is 13.5 Å². The van der Waals surface area contributed by atoms with Gasteiger partial charge in [0.15, 0.2) is 0 Å². The summed E-state index contributed by atoms with van der Waals surface area (Å²) in [7, 11) is 0. The molecule has 108 valence electrons. The Balaban J connectivity index is 2.06. The number of pyridine rings is 1. The summed E-state index contributed by atoms with van der Waals surface area (Å²) in [5.74, 6) is 6.15. The van der Waals surface area contributed by atoms with E-state index in [1.165, 1.54) is 6.07 Å². The third-order valence-corrected chi connectivity index (χ3v) is 2.93. The first kappa shape index (κ1) is 14.9. The van der Waals surface area contributed by atoms with Gasteiger partial charge in [0.2, 0.25) is 0 Å². The van der Waals surface area contributed by atoms with E-state index in [0.29, 0.717) is 18.9 Å². The van der Waals surface area contributed by atoms with Gasteiger partial charge in [0, 0.05) is 12.3 Å². The van der Waals surface area contributed by atoms with Crippen LogP contribution in [0.3, 0.4) is 0 Å². The Morgan fingerprint density at radius 3 is 2.90 bits per heavy atom. The van der Waals surface area contributed by atoms with Crippen molar-refractivity contribution in [3.05, 3.63) is 64.1 Å². The Hall–Kier alpha value is -2.51. The van der Waals surface area contributed by atoms with Crippen molar-refractivity contribution in [1.29, 1.82) is 0 Å². The summed E-state index contributed by atoms with van der Waals surface area (Å²) in [4.78, 5) is 11.6. The number of aromatic nitrogens is 1. The lowest BCUT2D eigenvalue weighted by Crippen LogP contribution is -2.21.